The van der Waals surface area contributed by atoms with Crippen molar-refractivity contribution in [3.63, 3.8) is 0 Å². The number of sulfone groups is 2. The highest BCUT2D eigenvalue weighted by Crippen LogP contribution is 2.34. The van der Waals surface area contributed by atoms with Gasteiger partial charge in [0.15, 0.2) is 0 Å². The Morgan fingerprint density at radius 1 is 0.740 bits per heavy atom. The molecule has 50 heavy (non-hydrogen) atoms. The van der Waals surface area contributed by atoms with Crippen LogP contribution in [0.1, 0.15) is 10.5 Å². The molecule has 3 amide bonds. The van der Waals surface area contributed by atoms with Gasteiger partial charge in [0.25, 0.3) is 25.6 Å². The second kappa shape index (κ2) is 15.4. The minimum absolute atomic E-state index is 0.00359. The fraction of sp³-hybridized carbons (Fsp3) is 0.107. The molecule has 0 fully saturated rings. The maximum absolute atomic E-state index is 12.8. The Balaban J connectivity index is 0.000000376. The number of halogens is 8. The van der Waals surface area contributed by atoms with Gasteiger partial charge in [-0.15, -0.1) is 0 Å². The number of nitrogens with two attached hydrogens (primary N) is 1. The number of nitrogens with zero attached hydrogens (tertiary/aromatic N) is 1. The lowest BCUT2D eigenvalue weighted by Gasteiger charge is -2.13. The number of nitrogens with one attached hydrogen (secondary N) is 3. The monoisotopic (exact) mass is 787 g/mol. The van der Waals surface area contributed by atoms with Crippen molar-refractivity contribution in [1.82, 2.24) is 10.3 Å². The highest BCUT2D eigenvalue weighted by molar-refractivity contribution is 7.92. The summed E-state index contributed by atoms with van der Waals surface area (Å²) in [4.78, 5) is 25.9. The average molecular weight is 789 g/mol. The molecule has 12 nitrogen and oxygen atoms in total. The fourth-order valence-electron chi connectivity index (χ4n) is 3.48. The number of alkyl halides is 6. The molecule has 0 bridgehead atoms. The van der Waals surface area contributed by atoms with E-state index in [-0.39, 0.29) is 38.7 Å². The van der Waals surface area contributed by atoms with Crippen LogP contribution in [0.2, 0.25) is 10.0 Å². The zero-order chi connectivity index (χ0) is 37.7. The van der Waals surface area contributed by atoms with Crippen LogP contribution < -0.4 is 26.4 Å². The van der Waals surface area contributed by atoms with E-state index in [0.717, 1.165) is 18.2 Å². The summed E-state index contributed by atoms with van der Waals surface area (Å²) < 4.78 is 125. The molecular weight excluding hydrogens is 767 g/mol. The SMILES string of the molecule is CNC(=O)c1cc(Oc2ccc(NC(=O)Nc3cc(S(=O)(=O)C(F)(F)F)ccc3Cl)cc2)ccn1.Nc1cc(S(=O)(=O)C(F)(F)F)ccc1Cl. The van der Waals surface area contributed by atoms with Gasteiger partial charge in [0.1, 0.15) is 17.2 Å². The van der Waals surface area contributed by atoms with Crippen LogP contribution in [0.5, 0.6) is 11.5 Å². The van der Waals surface area contributed by atoms with Crippen LogP contribution in [0, 0.1) is 0 Å². The van der Waals surface area contributed by atoms with Crippen LogP contribution in [0.25, 0.3) is 0 Å². The lowest BCUT2D eigenvalue weighted by atomic mass is 10.3. The van der Waals surface area contributed by atoms with Crippen LogP contribution in [0.15, 0.2) is 88.8 Å². The number of anilines is 3. The Hall–Kier alpha value is -4.79. The number of urea groups is 1. The number of amides is 3. The van der Waals surface area contributed by atoms with Gasteiger partial charge in [-0.2, -0.15) is 26.3 Å². The summed E-state index contributed by atoms with van der Waals surface area (Å²) in [5.74, 6) is 0.334. The van der Waals surface area contributed by atoms with Gasteiger partial charge in [-0.3, -0.25) is 9.78 Å². The normalized spacial score (nSPS) is 11.9. The van der Waals surface area contributed by atoms with E-state index in [1.165, 1.54) is 43.6 Å². The Morgan fingerprint density at radius 3 is 1.80 bits per heavy atom. The number of benzene rings is 3. The van der Waals surface area contributed by atoms with Crippen molar-refractivity contribution in [1.29, 1.82) is 0 Å². The number of aromatic nitrogens is 1. The number of ether oxygens (including phenoxy) is 1. The fourth-order valence-corrected chi connectivity index (χ4v) is 5.34. The van der Waals surface area contributed by atoms with Gasteiger partial charge in [-0.25, -0.2) is 21.6 Å². The highest BCUT2D eigenvalue weighted by Gasteiger charge is 2.47. The zero-order valence-electron chi connectivity index (χ0n) is 24.7. The van der Waals surface area contributed by atoms with Gasteiger partial charge in [-0.1, -0.05) is 23.2 Å². The van der Waals surface area contributed by atoms with E-state index >= 15 is 0 Å². The number of hydrogen-bond donors (Lipinski definition) is 4. The standard InChI is InChI=1S/C21H16ClF3N4O5S.C7H5ClF3NO2S/c1-26-19(30)18-10-14(8-9-27-18)34-13-4-2-12(3-5-13)28-20(31)29-17-11-15(6-7-16(17)22)35(32,33)21(23,24)25;8-5-2-1-4(3-6(5)12)15(13,14)7(9,10)11/h2-11H,1H3,(H,26,30)(H2,28,29,31);1-3H,12H2. The third kappa shape index (κ3) is 9.67. The van der Waals surface area contributed by atoms with Gasteiger partial charge in [0.2, 0.25) is 0 Å². The number of pyridine rings is 1. The molecule has 22 heteroatoms. The molecule has 1 aromatic heterocycles. The summed E-state index contributed by atoms with van der Waals surface area (Å²) in [5, 5.41) is 6.91. The van der Waals surface area contributed by atoms with Crippen LogP contribution in [-0.2, 0) is 19.7 Å². The van der Waals surface area contributed by atoms with Crippen molar-refractivity contribution >= 4 is 71.9 Å². The lowest BCUT2D eigenvalue weighted by Crippen LogP contribution is -2.24. The van der Waals surface area contributed by atoms with Crippen LogP contribution >= 0.6 is 23.2 Å². The molecule has 0 aliphatic carbocycles. The van der Waals surface area contributed by atoms with Gasteiger partial charge >= 0.3 is 17.0 Å². The molecule has 4 rings (SSSR count). The van der Waals surface area contributed by atoms with Crippen molar-refractivity contribution in [3.05, 3.63) is 94.7 Å². The Morgan fingerprint density at radius 2 is 1.28 bits per heavy atom. The molecule has 0 atom stereocenters. The van der Waals surface area contributed by atoms with E-state index < -0.39 is 46.5 Å². The van der Waals surface area contributed by atoms with E-state index in [1.54, 1.807) is 6.07 Å². The molecular formula is C28H21Cl2F6N5O7S2. The maximum Gasteiger partial charge on any atom is 0.501 e. The van der Waals surface area contributed by atoms with Crippen LogP contribution in [0.3, 0.4) is 0 Å². The van der Waals surface area contributed by atoms with E-state index in [2.05, 4.69) is 20.9 Å². The van der Waals surface area contributed by atoms with Crippen LogP contribution in [0.4, 0.5) is 48.2 Å². The van der Waals surface area contributed by atoms with Crippen LogP contribution in [-0.4, -0.2) is 51.8 Å². The topological polar surface area (TPSA) is 187 Å². The smallest absolute Gasteiger partial charge is 0.457 e. The van der Waals surface area contributed by atoms with Gasteiger partial charge in [-0.05, 0) is 66.7 Å². The molecule has 268 valence electrons. The minimum Gasteiger partial charge on any atom is -0.457 e. The Labute approximate surface area is 289 Å². The van der Waals surface area contributed by atoms with E-state index in [4.69, 9.17) is 33.7 Å². The summed E-state index contributed by atoms with van der Waals surface area (Å²) in [6.45, 7) is 0. The number of carbonyl (C=O) groups excluding carboxylic acids is 2. The number of hydrogen-bond acceptors (Lipinski definition) is 9. The summed E-state index contributed by atoms with van der Waals surface area (Å²) in [6, 6.07) is 12.7. The molecule has 0 radical (unpaired) electrons. The Kier molecular flexibility index (Phi) is 12.2. The number of nitrogen functional groups attached to an aromatic ring is 1. The molecule has 0 unspecified atom stereocenters. The number of carbonyl (C=O) groups is 2. The molecule has 0 aliphatic heterocycles. The minimum atomic E-state index is -5.62. The predicted octanol–water partition coefficient (Wildman–Crippen LogP) is 7.04. The molecule has 0 saturated heterocycles. The first-order valence-electron chi connectivity index (χ1n) is 13.1. The molecule has 3 aromatic carbocycles. The van der Waals surface area contributed by atoms with Gasteiger partial charge in [0, 0.05) is 25.0 Å². The van der Waals surface area contributed by atoms with E-state index in [0.29, 0.717) is 29.7 Å². The summed E-state index contributed by atoms with van der Waals surface area (Å²) in [5.41, 5.74) is -5.77. The molecule has 4 aromatic rings. The van der Waals surface area contributed by atoms with Crippen molar-refractivity contribution < 1.29 is 57.5 Å². The Bertz CT molecular complexity index is 2120. The second-order valence-corrected chi connectivity index (χ2v) is 14.1. The first-order chi connectivity index (χ1) is 23.1. The summed E-state index contributed by atoms with van der Waals surface area (Å²) in [6.07, 6.45) is 1.40. The van der Waals surface area contributed by atoms with Crippen molar-refractivity contribution in [2.45, 2.75) is 20.8 Å². The predicted molar refractivity (Wildman–Crippen MR) is 171 cm³/mol. The van der Waals surface area contributed by atoms with Crippen molar-refractivity contribution in [3.8, 4) is 11.5 Å². The van der Waals surface area contributed by atoms with Crippen molar-refractivity contribution in [2.75, 3.05) is 23.4 Å². The summed E-state index contributed by atoms with van der Waals surface area (Å²) in [7, 11) is -9.51. The van der Waals surface area contributed by atoms with Crippen molar-refractivity contribution in [2.24, 2.45) is 0 Å². The largest absolute Gasteiger partial charge is 0.501 e. The first-order valence-corrected chi connectivity index (χ1v) is 16.8. The number of rotatable bonds is 7. The molecule has 0 spiro atoms. The highest BCUT2D eigenvalue weighted by atomic mass is 35.5. The second-order valence-electron chi connectivity index (χ2n) is 9.38. The third-order valence-electron chi connectivity index (χ3n) is 5.92. The zero-order valence-corrected chi connectivity index (χ0v) is 27.9. The molecule has 1 heterocycles. The maximum atomic E-state index is 12.8. The van der Waals surface area contributed by atoms with E-state index in [9.17, 15) is 52.8 Å². The quantitative estimate of drug-likeness (QED) is 0.113. The van der Waals surface area contributed by atoms with Gasteiger partial charge in [0.05, 0.1) is 31.2 Å². The van der Waals surface area contributed by atoms with Gasteiger partial charge < -0.3 is 26.4 Å². The molecule has 0 aliphatic rings. The lowest BCUT2D eigenvalue weighted by molar-refractivity contribution is -0.0442. The molecule has 5 N–H and O–H groups in total. The summed E-state index contributed by atoms with van der Waals surface area (Å²) >= 11 is 11.3. The van der Waals surface area contributed by atoms with E-state index in [1.807, 2.05) is 0 Å². The average Bonchev–Trinajstić information content (AvgIpc) is 3.03. The first kappa shape index (κ1) is 39.6. The third-order valence-corrected chi connectivity index (χ3v) is 9.56. The molecule has 0 saturated carbocycles.